The average Bonchev–Trinajstić information content (AvgIpc) is 3.60. The Kier molecular flexibility index (Phi) is 7.75. The number of benzene rings is 1. The number of rotatable bonds is 10. The summed E-state index contributed by atoms with van der Waals surface area (Å²) in [7, 11) is 0. The Labute approximate surface area is 231 Å². The van der Waals surface area contributed by atoms with Gasteiger partial charge in [-0.15, -0.1) is 0 Å². The van der Waals surface area contributed by atoms with Crippen LogP contribution in [0.2, 0.25) is 0 Å². The fourth-order valence-electron chi connectivity index (χ4n) is 4.64. The van der Waals surface area contributed by atoms with Gasteiger partial charge in [0.25, 0.3) is 5.91 Å². The topological polar surface area (TPSA) is 133 Å². The molecule has 2 fully saturated rings. The fourth-order valence-corrected chi connectivity index (χ4v) is 4.64. The molecule has 2 aromatic heterocycles. The van der Waals surface area contributed by atoms with Crippen molar-refractivity contribution in [3.05, 3.63) is 60.2 Å². The van der Waals surface area contributed by atoms with Crippen molar-refractivity contribution in [1.29, 1.82) is 0 Å². The Morgan fingerprint density at radius 1 is 1.12 bits per heavy atom. The third-order valence-electron chi connectivity index (χ3n) is 6.83. The first-order valence-electron chi connectivity index (χ1n) is 13.4. The maximum Gasteiger partial charge on any atom is 0.252 e. The lowest BCUT2D eigenvalue weighted by molar-refractivity contribution is -0.134. The summed E-state index contributed by atoms with van der Waals surface area (Å²) < 4.78 is 28.4. The first-order valence-corrected chi connectivity index (χ1v) is 13.4. The molecule has 2 atom stereocenters. The third-order valence-corrected chi connectivity index (χ3v) is 6.83. The van der Waals surface area contributed by atoms with Crippen molar-refractivity contribution in [2.45, 2.75) is 70.1 Å². The maximum atomic E-state index is 15.2. The van der Waals surface area contributed by atoms with Crippen LogP contribution in [0.5, 0.6) is 11.5 Å². The number of alkyl halides is 1. The van der Waals surface area contributed by atoms with E-state index in [0.717, 1.165) is 18.4 Å². The number of aromatic nitrogens is 3. The van der Waals surface area contributed by atoms with Crippen LogP contribution in [0.1, 0.15) is 49.2 Å². The quantitative estimate of drug-likeness (QED) is 0.396. The summed E-state index contributed by atoms with van der Waals surface area (Å²) in [6.45, 7) is 3.87. The number of ether oxygens (including phenoxy) is 2. The zero-order chi connectivity index (χ0) is 28.4. The highest BCUT2D eigenvalue weighted by Gasteiger charge is 2.34. The largest absolute Gasteiger partial charge is 0.489 e. The standard InChI is InChI=1S/C29H34FN5O5/c1-29(2,38)17-35-15-19(13-33-35)18-3-8-25(23(11-18)28(31)37)40-26-9-10-34(16-24(26)30)27(36)12-20-4-5-22(14-32-20)39-21-6-7-21/h3-5,8,11,13-15,21,24,26,38H,6-7,9-10,12,16-17H2,1-2H3,(H2,31,37)/t24-,26+/m1/s1. The predicted molar refractivity (Wildman–Crippen MR) is 145 cm³/mol. The van der Waals surface area contributed by atoms with Crippen molar-refractivity contribution in [3.63, 3.8) is 0 Å². The van der Waals surface area contributed by atoms with Gasteiger partial charge in [-0.3, -0.25) is 19.3 Å². The van der Waals surface area contributed by atoms with Crippen LogP contribution in [-0.4, -0.2) is 73.7 Å². The predicted octanol–water partition coefficient (Wildman–Crippen LogP) is 2.92. The van der Waals surface area contributed by atoms with Gasteiger partial charge >= 0.3 is 0 Å². The van der Waals surface area contributed by atoms with Crippen LogP contribution >= 0.6 is 0 Å². The summed E-state index contributed by atoms with van der Waals surface area (Å²) in [4.78, 5) is 30.8. The zero-order valence-electron chi connectivity index (χ0n) is 22.6. The van der Waals surface area contributed by atoms with Crippen molar-refractivity contribution < 1.29 is 28.6 Å². The van der Waals surface area contributed by atoms with E-state index in [1.54, 1.807) is 67.5 Å². The summed E-state index contributed by atoms with van der Waals surface area (Å²) in [5, 5.41) is 14.3. The highest BCUT2D eigenvalue weighted by molar-refractivity contribution is 5.97. The van der Waals surface area contributed by atoms with E-state index in [2.05, 4.69) is 10.1 Å². The number of primary amides is 1. The van der Waals surface area contributed by atoms with Crippen molar-refractivity contribution in [2.24, 2.45) is 5.73 Å². The number of piperidine rings is 1. The molecular formula is C29H34FN5O5. The molecule has 1 saturated carbocycles. The normalized spacial score (nSPS) is 19.4. The Balaban J connectivity index is 1.19. The molecule has 5 rings (SSSR count). The average molecular weight is 552 g/mol. The summed E-state index contributed by atoms with van der Waals surface area (Å²) in [6, 6.07) is 8.48. The Morgan fingerprint density at radius 2 is 1.93 bits per heavy atom. The first kappa shape index (κ1) is 27.6. The fraction of sp³-hybridized carbons (Fsp3) is 0.448. The van der Waals surface area contributed by atoms with Gasteiger partial charge in [-0.05, 0) is 56.5 Å². The summed E-state index contributed by atoms with van der Waals surface area (Å²) in [5.74, 6) is -0.0449. The summed E-state index contributed by atoms with van der Waals surface area (Å²) in [6.07, 6.45) is 5.43. The van der Waals surface area contributed by atoms with E-state index in [0.29, 0.717) is 30.1 Å². The van der Waals surface area contributed by atoms with Crippen molar-refractivity contribution >= 4 is 11.8 Å². The molecule has 40 heavy (non-hydrogen) atoms. The molecule has 11 heteroatoms. The Bertz CT molecular complexity index is 1370. The number of hydrogen-bond donors (Lipinski definition) is 2. The van der Waals surface area contributed by atoms with E-state index < -0.39 is 23.8 Å². The zero-order valence-corrected chi connectivity index (χ0v) is 22.6. The monoisotopic (exact) mass is 551 g/mol. The van der Waals surface area contributed by atoms with Gasteiger partial charge in [0.2, 0.25) is 5.91 Å². The highest BCUT2D eigenvalue weighted by Crippen LogP contribution is 2.30. The minimum atomic E-state index is -1.44. The number of nitrogens with zero attached hydrogens (tertiary/aromatic N) is 4. The number of nitrogens with two attached hydrogens (primary N) is 1. The van der Waals surface area contributed by atoms with E-state index >= 15 is 4.39 Å². The first-order chi connectivity index (χ1) is 19.0. The molecule has 3 N–H and O–H groups in total. The van der Waals surface area contributed by atoms with Gasteiger partial charge in [0.05, 0.1) is 49.2 Å². The number of carbonyl (C=O) groups excluding carboxylic acids is 2. The van der Waals surface area contributed by atoms with Crippen LogP contribution in [0.3, 0.4) is 0 Å². The third kappa shape index (κ3) is 6.95. The number of hydrogen-bond acceptors (Lipinski definition) is 7. The Morgan fingerprint density at radius 3 is 2.58 bits per heavy atom. The molecule has 0 spiro atoms. The molecule has 1 aliphatic heterocycles. The van der Waals surface area contributed by atoms with Crippen LogP contribution in [0, 0.1) is 0 Å². The van der Waals surface area contributed by atoms with Crippen molar-refractivity contribution in [1.82, 2.24) is 19.7 Å². The second-order valence-corrected chi connectivity index (χ2v) is 11.1. The van der Waals surface area contributed by atoms with E-state index in [1.807, 2.05) is 0 Å². The van der Waals surface area contributed by atoms with E-state index in [1.165, 1.54) is 4.90 Å². The van der Waals surface area contributed by atoms with Gasteiger partial charge in [0.1, 0.15) is 17.6 Å². The van der Waals surface area contributed by atoms with Crippen LogP contribution < -0.4 is 15.2 Å². The maximum absolute atomic E-state index is 15.2. The molecule has 1 aromatic carbocycles. The molecule has 212 valence electrons. The summed E-state index contributed by atoms with van der Waals surface area (Å²) >= 11 is 0. The van der Waals surface area contributed by atoms with Crippen LogP contribution in [0.25, 0.3) is 11.1 Å². The van der Waals surface area contributed by atoms with Gasteiger partial charge in [-0.1, -0.05) is 6.07 Å². The van der Waals surface area contributed by atoms with Crippen LogP contribution in [0.15, 0.2) is 48.9 Å². The van der Waals surface area contributed by atoms with Crippen molar-refractivity contribution in [3.8, 4) is 22.6 Å². The number of pyridine rings is 1. The molecule has 0 radical (unpaired) electrons. The number of carbonyl (C=O) groups is 2. The van der Waals surface area contributed by atoms with E-state index in [4.69, 9.17) is 15.2 Å². The van der Waals surface area contributed by atoms with Crippen molar-refractivity contribution in [2.75, 3.05) is 13.1 Å². The molecule has 3 heterocycles. The van der Waals surface area contributed by atoms with Gasteiger partial charge < -0.3 is 25.2 Å². The number of halogens is 1. The molecular weight excluding hydrogens is 517 g/mol. The molecule has 1 saturated heterocycles. The second-order valence-electron chi connectivity index (χ2n) is 11.1. The SMILES string of the molecule is CC(C)(O)Cn1cc(-c2ccc(O[C@H]3CCN(C(=O)Cc4ccc(OC5CC5)cn4)C[C@H]3F)c(C(N)=O)c2)cn1. The van der Waals surface area contributed by atoms with Gasteiger partial charge in [0.15, 0.2) is 6.17 Å². The van der Waals surface area contributed by atoms with Gasteiger partial charge in [-0.2, -0.15) is 5.10 Å². The summed E-state index contributed by atoms with van der Waals surface area (Å²) in [5.41, 5.74) is 6.82. The van der Waals surface area contributed by atoms with E-state index in [9.17, 15) is 14.7 Å². The molecule has 0 bridgehead atoms. The molecule has 10 nitrogen and oxygen atoms in total. The number of amides is 2. The molecule has 1 aliphatic carbocycles. The minimum Gasteiger partial charge on any atom is -0.489 e. The smallest absolute Gasteiger partial charge is 0.252 e. The molecule has 2 amide bonds. The lowest BCUT2D eigenvalue weighted by Gasteiger charge is -2.35. The molecule has 0 unspecified atom stereocenters. The lowest BCUT2D eigenvalue weighted by Crippen LogP contribution is -2.49. The Hall–Kier alpha value is -3.99. The number of aliphatic hydroxyl groups is 1. The minimum absolute atomic E-state index is 0.0711. The molecule has 3 aromatic rings. The van der Waals surface area contributed by atoms with Crippen LogP contribution in [0.4, 0.5) is 4.39 Å². The second kappa shape index (κ2) is 11.2. The van der Waals surface area contributed by atoms with Gasteiger partial charge in [-0.25, -0.2) is 4.39 Å². The molecule has 2 aliphatic rings. The highest BCUT2D eigenvalue weighted by atomic mass is 19.1. The van der Waals surface area contributed by atoms with Crippen LogP contribution in [-0.2, 0) is 17.8 Å². The number of likely N-dealkylation sites (tertiary alicyclic amines) is 1. The van der Waals surface area contributed by atoms with Gasteiger partial charge in [0, 0.05) is 30.4 Å². The van der Waals surface area contributed by atoms with E-state index in [-0.39, 0.29) is 42.7 Å². The lowest BCUT2D eigenvalue weighted by atomic mass is 10.0.